The van der Waals surface area contributed by atoms with E-state index in [0.29, 0.717) is 24.1 Å². The molecule has 130 valence electrons. The molecular weight excluding hydrogens is 298 g/mol. The first-order valence-electron chi connectivity index (χ1n) is 9.25. The van der Waals surface area contributed by atoms with Gasteiger partial charge in [0.15, 0.2) is 5.96 Å². The predicted octanol–water partition coefficient (Wildman–Crippen LogP) is 2.60. The summed E-state index contributed by atoms with van der Waals surface area (Å²) < 4.78 is 5.89. The van der Waals surface area contributed by atoms with Crippen LogP contribution in [-0.4, -0.2) is 37.8 Å². The molecule has 0 spiro atoms. The largest absolute Gasteiger partial charge is 0.377 e. The van der Waals surface area contributed by atoms with E-state index in [1.54, 1.807) is 0 Å². The number of benzene rings is 1. The van der Waals surface area contributed by atoms with E-state index in [4.69, 9.17) is 4.74 Å². The third-order valence-electron chi connectivity index (χ3n) is 6.20. The van der Waals surface area contributed by atoms with Crippen molar-refractivity contribution in [3.63, 3.8) is 0 Å². The van der Waals surface area contributed by atoms with Crippen LogP contribution in [0.15, 0.2) is 35.3 Å². The number of hydrogen-bond acceptors (Lipinski definition) is 2. The van der Waals surface area contributed by atoms with Gasteiger partial charge in [-0.05, 0) is 30.7 Å². The minimum absolute atomic E-state index is 0.186. The van der Waals surface area contributed by atoms with Crippen LogP contribution in [0.5, 0.6) is 0 Å². The lowest BCUT2D eigenvalue weighted by Gasteiger charge is -2.54. The second-order valence-corrected chi connectivity index (χ2v) is 8.20. The number of fused-ring (bicyclic) bond motifs is 1. The van der Waals surface area contributed by atoms with Gasteiger partial charge in [-0.1, -0.05) is 44.2 Å². The van der Waals surface area contributed by atoms with Crippen molar-refractivity contribution in [3.05, 3.63) is 35.9 Å². The van der Waals surface area contributed by atoms with Crippen molar-refractivity contribution in [3.8, 4) is 0 Å². The molecule has 1 aromatic rings. The Morgan fingerprint density at radius 1 is 1.25 bits per heavy atom. The molecule has 1 heterocycles. The van der Waals surface area contributed by atoms with Gasteiger partial charge in [0.25, 0.3) is 0 Å². The molecule has 3 fully saturated rings. The van der Waals surface area contributed by atoms with Crippen molar-refractivity contribution in [2.45, 2.75) is 51.3 Å². The monoisotopic (exact) mass is 327 g/mol. The first-order valence-corrected chi connectivity index (χ1v) is 9.25. The summed E-state index contributed by atoms with van der Waals surface area (Å²) in [5.74, 6) is 2.32. The minimum Gasteiger partial charge on any atom is -0.377 e. The van der Waals surface area contributed by atoms with Crippen LogP contribution in [0, 0.1) is 17.3 Å². The van der Waals surface area contributed by atoms with Crippen molar-refractivity contribution in [1.29, 1.82) is 0 Å². The topological polar surface area (TPSA) is 45.7 Å². The lowest BCUT2D eigenvalue weighted by Crippen LogP contribution is -2.68. The van der Waals surface area contributed by atoms with Gasteiger partial charge < -0.3 is 15.4 Å². The summed E-state index contributed by atoms with van der Waals surface area (Å²) in [6.45, 7) is 5.52. The standard InChI is InChI=1S/C20H29N3O/c1-20(2)17(15-9-10-24-18(15)20)23-19(21-3)22-16-12-14(16)11-13-7-5-4-6-8-13/h4-8,14-18H,9-12H2,1-3H3,(H2,21,22,23). The van der Waals surface area contributed by atoms with Crippen LogP contribution in [0.25, 0.3) is 0 Å². The Bertz CT molecular complexity index is 613. The normalized spacial score (nSPS) is 36.6. The Hall–Kier alpha value is -1.55. The maximum atomic E-state index is 5.89. The molecule has 4 rings (SSSR count). The minimum atomic E-state index is 0.186. The summed E-state index contributed by atoms with van der Waals surface area (Å²) in [7, 11) is 1.87. The van der Waals surface area contributed by atoms with E-state index in [1.165, 1.54) is 18.4 Å². The van der Waals surface area contributed by atoms with Crippen LogP contribution in [0.1, 0.15) is 32.3 Å². The molecule has 5 atom stereocenters. The zero-order valence-corrected chi connectivity index (χ0v) is 15.0. The Morgan fingerprint density at radius 2 is 2.04 bits per heavy atom. The van der Waals surface area contributed by atoms with E-state index >= 15 is 0 Å². The Labute approximate surface area is 145 Å². The molecule has 2 saturated carbocycles. The molecule has 1 aliphatic heterocycles. The van der Waals surface area contributed by atoms with Crippen LogP contribution in [0.3, 0.4) is 0 Å². The summed E-state index contributed by atoms with van der Waals surface area (Å²) in [5, 5.41) is 7.31. The second kappa shape index (κ2) is 6.07. The van der Waals surface area contributed by atoms with E-state index < -0.39 is 0 Å². The molecule has 0 bridgehead atoms. The SMILES string of the molecule is CN=C(NC1CC1Cc1ccccc1)NC1C2CCOC2C1(C)C. The van der Waals surface area contributed by atoms with Gasteiger partial charge in [-0.3, -0.25) is 4.99 Å². The summed E-state index contributed by atoms with van der Waals surface area (Å²) in [4.78, 5) is 4.46. The van der Waals surface area contributed by atoms with E-state index in [1.807, 2.05) is 7.05 Å². The number of rotatable bonds is 4. The average molecular weight is 327 g/mol. The first kappa shape index (κ1) is 15.9. The van der Waals surface area contributed by atoms with Crippen LogP contribution >= 0.6 is 0 Å². The molecule has 2 N–H and O–H groups in total. The fourth-order valence-electron chi connectivity index (χ4n) is 4.68. The molecular formula is C20H29N3O. The molecule has 0 radical (unpaired) electrons. The number of hydrogen-bond donors (Lipinski definition) is 2. The van der Waals surface area contributed by atoms with Crippen LogP contribution in [0.4, 0.5) is 0 Å². The fourth-order valence-corrected chi connectivity index (χ4v) is 4.68. The summed E-state index contributed by atoms with van der Waals surface area (Å²) in [6, 6.07) is 11.8. The van der Waals surface area contributed by atoms with Crippen LogP contribution in [0.2, 0.25) is 0 Å². The zero-order valence-electron chi connectivity index (χ0n) is 15.0. The highest BCUT2D eigenvalue weighted by molar-refractivity contribution is 5.81. The molecule has 4 nitrogen and oxygen atoms in total. The number of nitrogens with zero attached hydrogens (tertiary/aromatic N) is 1. The lowest BCUT2D eigenvalue weighted by molar-refractivity contribution is -0.106. The number of guanidine groups is 1. The average Bonchev–Trinajstić information content (AvgIpc) is 3.13. The third kappa shape index (κ3) is 2.81. The maximum absolute atomic E-state index is 5.89. The zero-order chi connectivity index (χ0) is 16.7. The third-order valence-corrected chi connectivity index (χ3v) is 6.20. The molecule has 0 amide bonds. The maximum Gasteiger partial charge on any atom is 0.191 e. The number of aliphatic imine (C=N–C) groups is 1. The Balaban J connectivity index is 1.30. The summed E-state index contributed by atoms with van der Waals surface area (Å²) >= 11 is 0. The molecule has 1 saturated heterocycles. The first-order chi connectivity index (χ1) is 11.6. The van der Waals surface area contributed by atoms with Crippen LogP contribution < -0.4 is 10.6 Å². The van der Waals surface area contributed by atoms with Gasteiger partial charge in [0.2, 0.25) is 0 Å². The summed E-state index contributed by atoms with van der Waals surface area (Å²) in [5.41, 5.74) is 1.62. The number of ether oxygens (including phenoxy) is 1. The molecule has 0 aromatic heterocycles. The van der Waals surface area contributed by atoms with Gasteiger partial charge in [-0.2, -0.15) is 0 Å². The van der Waals surface area contributed by atoms with Gasteiger partial charge in [0.05, 0.1) is 6.10 Å². The van der Waals surface area contributed by atoms with Gasteiger partial charge >= 0.3 is 0 Å². The lowest BCUT2D eigenvalue weighted by atomic mass is 9.57. The highest BCUT2D eigenvalue weighted by Crippen LogP contribution is 2.52. The van der Waals surface area contributed by atoms with Crippen molar-refractivity contribution in [2.75, 3.05) is 13.7 Å². The van der Waals surface area contributed by atoms with Gasteiger partial charge in [-0.15, -0.1) is 0 Å². The molecule has 5 unspecified atom stereocenters. The van der Waals surface area contributed by atoms with Crippen molar-refractivity contribution < 1.29 is 4.74 Å². The molecule has 4 heteroatoms. The molecule has 1 aromatic carbocycles. The van der Waals surface area contributed by atoms with E-state index in [2.05, 4.69) is 59.8 Å². The molecule has 3 aliphatic rings. The molecule has 24 heavy (non-hydrogen) atoms. The Morgan fingerprint density at radius 3 is 2.79 bits per heavy atom. The molecule has 2 aliphatic carbocycles. The van der Waals surface area contributed by atoms with Gasteiger partial charge in [-0.25, -0.2) is 0 Å². The quantitative estimate of drug-likeness (QED) is 0.660. The smallest absolute Gasteiger partial charge is 0.191 e. The second-order valence-electron chi connectivity index (χ2n) is 8.20. The van der Waals surface area contributed by atoms with Crippen molar-refractivity contribution in [1.82, 2.24) is 10.6 Å². The highest BCUT2D eigenvalue weighted by atomic mass is 16.5. The van der Waals surface area contributed by atoms with Crippen molar-refractivity contribution in [2.24, 2.45) is 22.2 Å². The van der Waals surface area contributed by atoms with E-state index in [-0.39, 0.29) is 5.41 Å². The summed E-state index contributed by atoms with van der Waals surface area (Å²) in [6.07, 6.45) is 3.98. The van der Waals surface area contributed by atoms with Crippen LogP contribution in [-0.2, 0) is 11.2 Å². The fraction of sp³-hybridized carbons (Fsp3) is 0.650. The van der Waals surface area contributed by atoms with Crippen molar-refractivity contribution >= 4 is 5.96 Å². The highest BCUT2D eigenvalue weighted by Gasteiger charge is 2.59. The number of nitrogens with one attached hydrogen (secondary N) is 2. The Kier molecular flexibility index (Phi) is 4.03. The van der Waals surface area contributed by atoms with E-state index in [9.17, 15) is 0 Å². The van der Waals surface area contributed by atoms with Gasteiger partial charge in [0.1, 0.15) is 0 Å². The van der Waals surface area contributed by atoms with Gasteiger partial charge in [0, 0.05) is 37.1 Å². The predicted molar refractivity (Wildman–Crippen MR) is 97.1 cm³/mol. The van der Waals surface area contributed by atoms with E-state index in [0.717, 1.165) is 24.9 Å².